The average molecular weight is 299 g/mol. The predicted octanol–water partition coefficient (Wildman–Crippen LogP) is 3.42. The monoisotopic (exact) mass is 298 g/mol. The van der Waals surface area contributed by atoms with Gasteiger partial charge in [-0.1, -0.05) is 0 Å². The number of hydrogen-bond acceptors (Lipinski definition) is 5. The van der Waals surface area contributed by atoms with E-state index in [1.807, 2.05) is 0 Å². The largest absolute Gasteiger partial charge is 0.160 e. The van der Waals surface area contributed by atoms with E-state index in [0.717, 1.165) is 10.5 Å². The van der Waals surface area contributed by atoms with Crippen molar-refractivity contribution in [3.05, 3.63) is 0 Å². The van der Waals surface area contributed by atoms with Crippen LogP contribution in [0, 0.1) is 0 Å². The summed E-state index contributed by atoms with van der Waals surface area (Å²) in [5.74, 6) is 11.1. The third-order valence-corrected chi connectivity index (χ3v) is 9.03. The van der Waals surface area contributed by atoms with Crippen molar-refractivity contribution < 1.29 is 0 Å². The van der Waals surface area contributed by atoms with E-state index in [-0.39, 0.29) is 0 Å². The highest BCUT2D eigenvalue weighted by atomic mass is 32.2. The fourth-order valence-corrected chi connectivity index (χ4v) is 7.69. The van der Waals surface area contributed by atoms with Crippen LogP contribution in [0.25, 0.3) is 0 Å². The highest BCUT2D eigenvalue weighted by Crippen LogP contribution is 2.33. The standard InChI is InChI=1S/C10H18S5/c1(2-12-7-10-8-15-10)11-5-9-6-13-3-4-14-9/h9-10H,1-8H2. The molecule has 0 amide bonds. The van der Waals surface area contributed by atoms with Crippen molar-refractivity contribution in [2.75, 3.05) is 46.0 Å². The Morgan fingerprint density at radius 1 is 0.867 bits per heavy atom. The Morgan fingerprint density at radius 3 is 2.07 bits per heavy atom. The molecule has 15 heavy (non-hydrogen) atoms. The fraction of sp³-hybridized carbons (Fsp3) is 1.00. The topological polar surface area (TPSA) is 0 Å². The third kappa shape index (κ3) is 6.29. The van der Waals surface area contributed by atoms with E-state index in [4.69, 9.17) is 0 Å². The maximum absolute atomic E-state index is 2.19. The van der Waals surface area contributed by atoms with Crippen LogP contribution in [0.15, 0.2) is 0 Å². The van der Waals surface area contributed by atoms with Gasteiger partial charge >= 0.3 is 0 Å². The van der Waals surface area contributed by atoms with Crippen molar-refractivity contribution in [3.63, 3.8) is 0 Å². The van der Waals surface area contributed by atoms with Crippen LogP contribution in [0.2, 0.25) is 0 Å². The maximum Gasteiger partial charge on any atom is 0.0229 e. The van der Waals surface area contributed by atoms with Crippen LogP contribution in [0.1, 0.15) is 0 Å². The highest BCUT2D eigenvalue weighted by molar-refractivity contribution is 8.09. The smallest absolute Gasteiger partial charge is 0.0229 e. The van der Waals surface area contributed by atoms with Crippen molar-refractivity contribution in [1.29, 1.82) is 0 Å². The zero-order chi connectivity index (χ0) is 10.3. The zero-order valence-corrected chi connectivity index (χ0v) is 12.9. The molecule has 2 rings (SSSR count). The van der Waals surface area contributed by atoms with Crippen LogP contribution in [-0.2, 0) is 0 Å². The van der Waals surface area contributed by atoms with Gasteiger partial charge in [-0.3, -0.25) is 0 Å². The van der Waals surface area contributed by atoms with Crippen LogP contribution in [-0.4, -0.2) is 56.5 Å². The van der Waals surface area contributed by atoms with Gasteiger partial charge in [-0.15, -0.1) is 0 Å². The molecular formula is C10H18S5. The van der Waals surface area contributed by atoms with Gasteiger partial charge in [-0.2, -0.15) is 58.8 Å². The minimum absolute atomic E-state index is 0.942. The molecule has 2 aliphatic heterocycles. The molecule has 2 fully saturated rings. The number of hydrogen-bond donors (Lipinski definition) is 0. The van der Waals surface area contributed by atoms with Crippen LogP contribution in [0.4, 0.5) is 0 Å². The van der Waals surface area contributed by atoms with E-state index in [0.29, 0.717) is 0 Å². The van der Waals surface area contributed by atoms with Crippen molar-refractivity contribution >= 4 is 58.8 Å². The summed E-state index contributed by atoms with van der Waals surface area (Å²) in [4.78, 5) is 0. The van der Waals surface area contributed by atoms with Gasteiger partial charge in [-0.25, -0.2) is 0 Å². The zero-order valence-electron chi connectivity index (χ0n) is 8.85. The van der Waals surface area contributed by atoms with Gasteiger partial charge < -0.3 is 0 Å². The van der Waals surface area contributed by atoms with E-state index in [9.17, 15) is 0 Å². The molecule has 2 atom stereocenters. The highest BCUT2D eigenvalue weighted by Gasteiger charge is 2.21. The molecule has 2 unspecified atom stereocenters. The summed E-state index contributed by atoms with van der Waals surface area (Å²) in [6.45, 7) is 0. The lowest BCUT2D eigenvalue weighted by Crippen LogP contribution is -2.16. The van der Waals surface area contributed by atoms with Crippen LogP contribution in [0.3, 0.4) is 0 Å². The second kappa shape index (κ2) is 7.96. The van der Waals surface area contributed by atoms with E-state index < -0.39 is 0 Å². The first kappa shape index (κ1) is 13.2. The summed E-state index contributed by atoms with van der Waals surface area (Å²) in [6, 6.07) is 0. The Balaban J connectivity index is 1.37. The van der Waals surface area contributed by atoms with Gasteiger partial charge in [0.25, 0.3) is 0 Å². The molecule has 0 aromatic heterocycles. The molecular weight excluding hydrogens is 280 g/mol. The lowest BCUT2D eigenvalue weighted by molar-refractivity contribution is 1.13. The molecule has 5 heteroatoms. The summed E-state index contributed by atoms with van der Waals surface area (Å²) in [7, 11) is 0. The Bertz CT molecular complexity index is 165. The molecule has 88 valence electrons. The van der Waals surface area contributed by atoms with Gasteiger partial charge in [0.1, 0.15) is 0 Å². The average Bonchev–Trinajstić information content (AvgIpc) is 3.09. The number of rotatable bonds is 7. The van der Waals surface area contributed by atoms with Gasteiger partial charge in [0.15, 0.2) is 0 Å². The summed E-state index contributed by atoms with van der Waals surface area (Å²) in [6.07, 6.45) is 0. The normalized spacial score (nSPS) is 30.4. The molecule has 0 aliphatic carbocycles. The molecule has 0 aromatic carbocycles. The fourth-order valence-electron chi connectivity index (χ4n) is 1.34. The van der Waals surface area contributed by atoms with Crippen LogP contribution >= 0.6 is 58.8 Å². The Morgan fingerprint density at radius 2 is 1.53 bits per heavy atom. The van der Waals surface area contributed by atoms with Crippen molar-refractivity contribution in [1.82, 2.24) is 0 Å². The second-order valence-electron chi connectivity index (χ2n) is 3.67. The molecule has 0 bridgehead atoms. The molecule has 0 N–H and O–H groups in total. The van der Waals surface area contributed by atoms with E-state index in [1.54, 1.807) is 0 Å². The predicted molar refractivity (Wildman–Crippen MR) is 84.5 cm³/mol. The Hall–Kier alpha value is 1.75. The van der Waals surface area contributed by atoms with E-state index in [2.05, 4.69) is 58.8 Å². The van der Waals surface area contributed by atoms with Crippen molar-refractivity contribution in [3.8, 4) is 0 Å². The Labute approximate surface area is 115 Å². The quantitative estimate of drug-likeness (QED) is 0.520. The molecule has 0 aromatic rings. The molecule has 2 heterocycles. The molecule has 0 saturated carbocycles. The van der Waals surface area contributed by atoms with Gasteiger partial charge in [0.05, 0.1) is 0 Å². The first-order valence-corrected chi connectivity index (χ1v) is 11.0. The van der Waals surface area contributed by atoms with E-state index >= 15 is 0 Å². The first-order chi connectivity index (χ1) is 7.45. The molecule has 0 radical (unpaired) electrons. The summed E-state index contributed by atoms with van der Waals surface area (Å²) in [5.41, 5.74) is 0. The van der Waals surface area contributed by atoms with Crippen molar-refractivity contribution in [2.24, 2.45) is 0 Å². The number of thioether (sulfide) groups is 5. The van der Waals surface area contributed by atoms with Gasteiger partial charge in [-0.05, 0) is 0 Å². The van der Waals surface area contributed by atoms with Crippen LogP contribution < -0.4 is 0 Å². The third-order valence-electron chi connectivity index (χ3n) is 2.27. The maximum atomic E-state index is 2.19. The minimum Gasteiger partial charge on any atom is -0.160 e. The van der Waals surface area contributed by atoms with Gasteiger partial charge in [0.2, 0.25) is 0 Å². The van der Waals surface area contributed by atoms with E-state index in [1.165, 1.54) is 46.0 Å². The lowest BCUT2D eigenvalue weighted by Gasteiger charge is -2.20. The molecule has 0 nitrogen and oxygen atoms in total. The second-order valence-corrected chi connectivity index (χ2v) is 9.86. The summed E-state index contributed by atoms with van der Waals surface area (Å²) < 4.78 is 0. The Kier molecular flexibility index (Phi) is 7.00. The SMILES string of the molecule is C(CSCC1CS1)SCC1CSCCS1. The lowest BCUT2D eigenvalue weighted by atomic mass is 10.5. The van der Waals surface area contributed by atoms with Crippen LogP contribution in [0.5, 0.6) is 0 Å². The first-order valence-electron chi connectivity index (χ1n) is 5.41. The molecule has 0 spiro atoms. The summed E-state index contributed by atoms with van der Waals surface area (Å²) >= 11 is 10.8. The van der Waals surface area contributed by atoms with Crippen molar-refractivity contribution in [2.45, 2.75) is 10.5 Å². The minimum atomic E-state index is 0.942. The van der Waals surface area contributed by atoms with Gasteiger partial charge in [0, 0.05) is 56.5 Å². The molecule has 2 aliphatic rings. The molecule has 2 saturated heterocycles. The summed E-state index contributed by atoms with van der Waals surface area (Å²) in [5, 5.41) is 1.96.